The molecule has 0 saturated heterocycles. The summed E-state index contributed by atoms with van der Waals surface area (Å²) < 4.78 is 39.4. The van der Waals surface area contributed by atoms with E-state index in [1.807, 2.05) is 13.0 Å². The van der Waals surface area contributed by atoms with Gasteiger partial charge in [-0.3, -0.25) is 0 Å². The number of alkyl halides is 3. The highest BCUT2D eigenvalue weighted by Gasteiger charge is 2.36. The van der Waals surface area contributed by atoms with E-state index in [-0.39, 0.29) is 5.78 Å². The van der Waals surface area contributed by atoms with Crippen molar-refractivity contribution in [1.82, 2.24) is 19.6 Å². The number of fused-ring (bicyclic) bond motifs is 1. The van der Waals surface area contributed by atoms with Crippen LogP contribution in [0.4, 0.5) is 24.7 Å². The van der Waals surface area contributed by atoms with Gasteiger partial charge in [0, 0.05) is 22.5 Å². The molecule has 3 rings (SSSR count). The highest BCUT2D eigenvalue weighted by molar-refractivity contribution is 6.30. The van der Waals surface area contributed by atoms with Gasteiger partial charge in [-0.05, 0) is 37.6 Å². The summed E-state index contributed by atoms with van der Waals surface area (Å²) in [6.07, 6.45) is -4.63. The fraction of sp³-hybridized carbons (Fsp3) is 0.214. The minimum atomic E-state index is -4.63. The molecule has 0 bridgehead atoms. The van der Waals surface area contributed by atoms with Gasteiger partial charge >= 0.3 is 6.18 Å². The Bertz CT molecular complexity index is 868. The lowest BCUT2D eigenvalue weighted by molar-refractivity contribution is -0.144. The first-order valence-corrected chi connectivity index (χ1v) is 6.96. The third-order valence-corrected chi connectivity index (χ3v) is 3.23. The normalized spacial score (nSPS) is 11.9. The van der Waals surface area contributed by atoms with Crippen molar-refractivity contribution >= 4 is 28.9 Å². The van der Waals surface area contributed by atoms with Crippen molar-refractivity contribution < 1.29 is 13.2 Å². The van der Waals surface area contributed by atoms with Crippen LogP contribution in [0, 0.1) is 13.8 Å². The van der Waals surface area contributed by atoms with Gasteiger partial charge in [0.1, 0.15) is 5.82 Å². The summed E-state index contributed by atoms with van der Waals surface area (Å²) in [7, 11) is 0. The third-order valence-electron chi connectivity index (χ3n) is 3.01. The highest BCUT2D eigenvalue weighted by atomic mass is 35.5. The van der Waals surface area contributed by atoms with Gasteiger partial charge in [-0.1, -0.05) is 11.6 Å². The first-order chi connectivity index (χ1) is 10.7. The molecule has 0 aliphatic rings. The molecule has 1 N–H and O–H groups in total. The van der Waals surface area contributed by atoms with Crippen LogP contribution in [-0.4, -0.2) is 19.6 Å². The van der Waals surface area contributed by atoms with E-state index < -0.39 is 12.0 Å². The molecule has 23 heavy (non-hydrogen) atoms. The van der Waals surface area contributed by atoms with Crippen molar-refractivity contribution in [2.24, 2.45) is 0 Å². The quantitative estimate of drug-likeness (QED) is 0.760. The number of hydrogen-bond acceptors (Lipinski definition) is 4. The van der Waals surface area contributed by atoms with Crippen molar-refractivity contribution in [1.29, 1.82) is 0 Å². The zero-order valence-corrected chi connectivity index (χ0v) is 12.9. The molecular weight excluding hydrogens is 331 g/mol. The average Bonchev–Trinajstić information content (AvgIpc) is 2.81. The second-order valence-corrected chi connectivity index (χ2v) is 5.51. The molecule has 9 heteroatoms. The van der Waals surface area contributed by atoms with E-state index in [1.54, 1.807) is 25.1 Å². The summed E-state index contributed by atoms with van der Waals surface area (Å²) in [5.74, 6) is -1.04. The average molecular weight is 342 g/mol. The van der Waals surface area contributed by atoms with Crippen LogP contribution in [-0.2, 0) is 6.18 Å². The molecule has 0 aliphatic carbocycles. The molecule has 0 fully saturated rings. The summed E-state index contributed by atoms with van der Waals surface area (Å²) in [6, 6.07) is 6.84. The predicted octanol–water partition coefficient (Wildman–Crippen LogP) is 4.16. The number of hydrogen-bond donors (Lipinski definition) is 1. The maximum atomic E-state index is 12.8. The lowest BCUT2D eigenvalue weighted by Gasteiger charge is -2.10. The Balaban J connectivity index is 2.11. The molecule has 1 aromatic carbocycles. The van der Waals surface area contributed by atoms with Crippen LogP contribution in [0.2, 0.25) is 5.02 Å². The van der Waals surface area contributed by atoms with Gasteiger partial charge < -0.3 is 5.32 Å². The Labute approximate surface area is 134 Å². The van der Waals surface area contributed by atoms with E-state index >= 15 is 0 Å². The van der Waals surface area contributed by atoms with Crippen LogP contribution in [0.1, 0.15) is 17.1 Å². The second kappa shape index (κ2) is 5.38. The molecule has 0 aliphatic heterocycles. The highest BCUT2D eigenvalue weighted by Crippen LogP contribution is 2.28. The Kier molecular flexibility index (Phi) is 3.63. The van der Waals surface area contributed by atoms with Crippen LogP contribution >= 0.6 is 11.6 Å². The van der Waals surface area contributed by atoms with Crippen LogP contribution in [0.25, 0.3) is 5.78 Å². The van der Waals surface area contributed by atoms with Crippen molar-refractivity contribution in [3.63, 3.8) is 0 Å². The summed E-state index contributed by atoms with van der Waals surface area (Å²) in [4.78, 5) is 7.40. The second-order valence-electron chi connectivity index (χ2n) is 5.07. The van der Waals surface area contributed by atoms with E-state index in [0.717, 1.165) is 10.1 Å². The van der Waals surface area contributed by atoms with Gasteiger partial charge in [-0.15, -0.1) is 5.10 Å². The molecule has 3 aromatic rings. The van der Waals surface area contributed by atoms with E-state index in [0.29, 0.717) is 22.2 Å². The molecule has 0 saturated carbocycles. The minimum absolute atomic E-state index is 0.126. The molecule has 2 heterocycles. The first kappa shape index (κ1) is 15.5. The summed E-state index contributed by atoms with van der Waals surface area (Å²) in [5.41, 5.74) is 2.06. The molecule has 0 unspecified atom stereocenters. The molecule has 0 spiro atoms. The zero-order valence-electron chi connectivity index (χ0n) is 12.1. The maximum Gasteiger partial charge on any atom is 0.453 e. The number of nitrogens with zero attached hydrogens (tertiary/aromatic N) is 4. The Morgan fingerprint density at radius 1 is 1.09 bits per heavy atom. The summed E-state index contributed by atoms with van der Waals surface area (Å²) in [6.45, 7) is 3.53. The van der Waals surface area contributed by atoms with Gasteiger partial charge in [0.2, 0.25) is 0 Å². The number of rotatable bonds is 2. The van der Waals surface area contributed by atoms with Gasteiger partial charge in [0.05, 0.1) is 0 Å². The van der Waals surface area contributed by atoms with Gasteiger partial charge in [-0.2, -0.15) is 22.7 Å². The smallest absolute Gasteiger partial charge is 0.340 e. The van der Waals surface area contributed by atoms with Crippen LogP contribution in [0.15, 0.2) is 24.3 Å². The number of anilines is 2. The molecule has 120 valence electrons. The number of nitrogens with one attached hydrogen (secondary N) is 1. The molecule has 5 nitrogen and oxygen atoms in total. The third kappa shape index (κ3) is 3.21. The molecular formula is C14H11ClF3N5. The molecule has 0 atom stereocenters. The Hall–Kier alpha value is -2.35. The van der Waals surface area contributed by atoms with Crippen LogP contribution in [0.3, 0.4) is 0 Å². The van der Waals surface area contributed by atoms with Crippen molar-refractivity contribution in [2.75, 3.05) is 5.32 Å². The number of halogens is 4. The van der Waals surface area contributed by atoms with E-state index in [9.17, 15) is 13.2 Å². The number of benzene rings is 1. The zero-order chi connectivity index (χ0) is 16.8. The maximum absolute atomic E-state index is 12.8. The lowest BCUT2D eigenvalue weighted by atomic mass is 10.2. The van der Waals surface area contributed by atoms with Gasteiger partial charge in [-0.25, -0.2) is 4.98 Å². The molecule has 0 amide bonds. The van der Waals surface area contributed by atoms with Crippen molar-refractivity contribution in [2.45, 2.75) is 20.0 Å². The fourth-order valence-corrected chi connectivity index (χ4v) is 2.44. The minimum Gasteiger partial charge on any atom is -0.340 e. The summed E-state index contributed by atoms with van der Waals surface area (Å²) >= 11 is 5.99. The fourth-order valence-electron chi connectivity index (χ4n) is 2.15. The van der Waals surface area contributed by atoms with E-state index in [4.69, 9.17) is 11.6 Å². The number of aryl methyl sites for hydroxylation is 2. The van der Waals surface area contributed by atoms with E-state index in [1.165, 1.54) is 0 Å². The first-order valence-electron chi connectivity index (χ1n) is 6.58. The van der Waals surface area contributed by atoms with Gasteiger partial charge in [0.15, 0.2) is 0 Å². The van der Waals surface area contributed by atoms with Crippen LogP contribution in [0.5, 0.6) is 0 Å². The standard InChI is InChI=1S/C14H11ClF3N5/c1-7-3-9(15)6-10(4-7)20-11-5-8(2)19-13-21-12(14(16,17)18)22-23(11)13/h3-6,20H,1-2H3. The topological polar surface area (TPSA) is 55.1 Å². The monoisotopic (exact) mass is 341 g/mol. The van der Waals surface area contributed by atoms with E-state index in [2.05, 4.69) is 20.4 Å². The lowest BCUT2D eigenvalue weighted by Crippen LogP contribution is -2.08. The molecule has 2 aromatic heterocycles. The SMILES string of the molecule is Cc1cc(Cl)cc(Nc2cc(C)nc3nc(C(F)(F)F)nn23)c1. The summed E-state index contributed by atoms with van der Waals surface area (Å²) in [5, 5.41) is 7.01. The van der Waals surface area contributed by atoms with Gasteiger partial charge in [0.25, 0.3) is 11.6 Å². The number of aromatic nitrogens is 4. The Morgan fingerprint density at radius 2 is 1.83 bits per heavy atom. The predicted molar refractivity (Wildman–Crippen MR) is 80.0 cm³/mol. The van der Waals surface area contributed by atoms with Crippen LogP contribution < -0.4 is 5.32 Å². The molecule has 0 radical (unpaired) electrons. The Morgan fingerprint density at radius 3 is 2.48 bits per heavy atom. The van der Waals surface area contributed by atoms with Crippen molar-refractivity contribution in [3.05, 3.63) is 46.4 Å². The largest absolute Gasteiger partial charge is 0.453 e. The van der Waals surface area contributed by atoms with Crippen molar-refractivity contribution in [3.8, 4) is 0 Å².